The molecule has 2 unspecified atom stereocenters. The lowest BCUT2D eigenvalue weighted by atomic mass is 9.68. The van der Waals surface area contributed by atoms with Gasteiger partial charge in [0.05, 0.1) is 6.10 Å². The molecule has 0 saturated heterocycles. The fraction of sp³-hybridized carbons (Fsp3) is 1.00. The fourth-order valence-corrected chi connectivity index (χ4v) is 4.92. The van der Waals surface area contributed by atoms with Crippen LogP contribution in [0, 0.1) is 23.2 Å². The van der Waals surface area contributed by atoms with Crippen LogP contribution < -0.4 is 5.73 Å². The molecule has 2 heteroatoms. The zero-order valence-corrected chi connectivity index (χ0v) is 9.91. The molecular weight excluding hydrogens is 186 g/mol. The summed E-state index contributed by atoms with van der Waals surface area (Å²) in [7, 11) is 1.86. The highest BCUT2D eigenvalue weighted by Gasteiger charge is 2.60. The molecular formula is C13H23NO. The van der Waals surface area contributed by atoms with Crippen LogP contribution in [0.15, 0.2) is 0 Å². The van der Waals surface area contributed by atoms with Crippen molar-refractivity contribution in [1.29, 1.82) is 0 Å². The number of hydrogen-bond donors (Lipinski definition) is 1. The van der Waals surface area contributed by atoms with Crippen molar-refractivity contribution in [1.82, 2.24) is 0 Å². The topological polar surface area (TPSA) is 35.2 Å². The molecule has 15 heavy (non-hydrogen) atoms. The van der Waals surface area contributed by atoms with Gasteiger partial charge in [0.1, 0.15) is 0 Å². The van der Waals surface area contributed by atoms with Gasteiger partial charge in [-0.05, 0) is 55.3 Å². The number of fused-ring (bicyclic) bond motifs is 3. The average Bonchev–Trinajstić information content (AvgIpc) is 2.85. The smallest absolute Gasteiger partial charge is 0.0603 e. The lowest BCUT2D eigenvalue weighted by molar-refractivity contribution is 0.0593. The molecule has 3 aliphatic rings. The Balaban J connectivity index is 1.86. The minimum absolute atomic E-state index is 0.461. The Bertz CT molecular complexity index is 263. The number of methoxy groups -OCH3 is 1. The molecule has 1 spiro atoms. The van der Waals surface area contributed by atoms with Crippen LogP contribution in [0.4, 0.5) is 0 Å². The second-order valence-electron chi connectivity index (χ2n) is 6.19. The van der Waals surface area contributed by atoms with E-state index < -0.39 is 0 Å². The molecule has 3 fully saturated rings. The highest BCUT2D eigenvalue weighted by atomic mass is 16.5. The molecule has 2 nitrogen and oxygen atoms in total. The van der Waals surface area contributed by atoms with Gasteiger partial charge in [-0.25, -0.2) is 0 Å². The first-order valence-corrected chi connectivity index (χ1v) is 6.46. The molecule has 3 saturated carbocycles. The van der Waals surface area contributed by atoms with Gasteiger partial charge in [0.15, 0.2) is 0 Å². The van der Waals surface area contributed by atoms with E-state index in [4.69, 9.17) is 10.5 Å². The van der Waals surface area contributed by atoms with Gasteiger partial charge in [0, 0.05) is 13.2 Å². The van der Waals surface area contributed by atoms with Gasteiger partial charge in [-0.2, -0.15) is 0 Å². The van der Waals surface area contributed by atoms with Crippen LogP contribution in [0.2, 0.25) is 0 Å². The van der Waals surface area contributed by atoms with E-state index >= 15 is 0 Å². The first-order chi connectivity index (χ1) is 7.17. The average molecular weight is 209 g/mol. The summed E-state index contributed by atoms with van der Waals surface area (Å²) in [4.78, 5) is 0. The molecule has 3 rings (SSSR count). The molecule has 3 aliphatic carbocycles. The zero-order valence-electron chi connectivity index (χ0n) is 9.91. The van der Waals surface area contributed by atoms with Crippen molar-refractivity contribution >= 4 is 0 Å². The Morgan fingerprint density at radius 2 is 2.07 bits per heavy atom. The second kappa shape index (κ2) is 3.21. The van der Waals surface area contributed by atoms with Crippen molar-refractivity contribution in [3.63, 3.8) is 0 Å². The Kier molecular flexibility index (Phi) is 2.16. The Morgan fingerprint density at radius 1 is 1.27 bits per heavy atom. The highest BCUT2D eigenvalue weighted by Crippen LogP contribution is 2.63. The molecule has 0 aliphatic heterocycles. The Hall–Kier alpha value is -0.0800. The summed E-state index contributed by atoms with van der Waals surface area (Å²) in [5.41, 5.74) is 6.95. The van der Waals surface area contributed by atoms with Crippen LogP contribution in [0.3, 0.4) is 0 Å². The summed E-state index contributed by atoms with van der Waals surface area (Å²) in [6, 6.07) is 0.471. The SMILES string of the molecule is CO[C@H]1CC2(C[C@@H]1C)C1CC[C@H](C1)[C@H]2N. The Morgan fingerprint density at radius 3 is 2.60 bits per heavy atom. The second-order valence-corrected chi connectivity index (χ2v) is 6.19. The molecule has 0 aromatic heterocycles. The predicted molar refractivity (Wildman–Crippen MR) is 60.4 cm³/mol. The maximum absolute atomic E-state index is 6.48. The zero-order chi connectivity index (χ0) is 10.6. The van der Waals surface area contributed by atoms with Gasteiger partial charge in [-0.15, -0.1) is 0 Å². The van der Waals surface area contributed by atoms with E-state index in [9.17, 15) is 0 Å². The quantitative estimate of drug-likeness (QED) is 0.718. The summed E-state index contributed by atoms with van der Waals surface area (Å²) in [6.07, 6.45) is 7.24. The lowest BCUT2D eigenvalue weighted by Gasteiger charge is -2.39. The minimum Gasteiger partial charge on any atom is -0.381 e. The number of ether oxygens (including phenoxy) is 1. The number of hydrogen-bond acceptors (Lipinski definition) is 2. The van der Waals surface area contributed by atoms with E-state index in [1.165, 1.54) is 32.1 Å². The largest absolute Gasteiger partial charge is 0.381 e. The third-order valence-corrected chi connectivity index (χ3v) is 5.68. The van der Waals surface area contributed by atoms with Gasteiger partial charge in [-0.1, -0.05) is 6.92 Å². The first kappa shape index (κ1) is 10.1. The van der Waals surface area contributed by atoms with E-state index in [-0.39, 0.29) is 0 Å². The summed E-state index contributed by atoms with van der Waals surface area (Å²) in [6.45, 7) is 2.33. The fourth-order valence-electron chi connectivity index (χ4n) is 4.92. The van der Waals surface area contributed by atoms with Crippen molar-refractivity contribution in [2.24, 2.45) is 28.9 Å². The molecule has 0 aromatic carbocycles. The van der Waals surface area contributed by atoms with Crippen molar-refractivity contribution < 1.29 is 4.74 Å². The predicted octanol–water partition coefficient (Wildman–Crippen LogP) is 2.17. The molecule has 0 heterocycles. The van der Waals surface area contributed by atoms with E-state index in [1.54, 1.807) is 0 Å². The monoisotopic (exact) mass is 209 g/mol. The molecule has 0 amide bonds. The van der Waals surface area contributed by atoms with Gasteiger partial charge in [-0.3, -0.25) is 0 Å². The van der Waals surface area contributed by atoms with E-state index in [2.05, 4.69) is 6.92 Å². The van der Waals surface area contributed by atoms with Crippen molar-refractivity contribution in [2.45, 2.75) is 51.2 Å². The molecule has 2 N–H and O–H groups in total. The minimum atomic E-state index is 0.461. The number of nitrogens with two attached hydrogens (primary N) is 1. The third kappa shape index (κ3) is 1.18. The van der Waals surface area contributed by atoms with E-state index in [0.29, 0.717) is 23.5 Å². The van der Waals surface area contributed by atoms with E-state index in [1.807, 2.05) is 7.11 Å². The molecule has 6 atom stereocenters. The highest BCUT2D eigenvalue weighted by molar-refractivity contribution is 5.12. The van der Waals surface area contributed by atoms with Crippen LogP contribution in [-0.2, 0) is 4.74 Å². The van der Waals surface area contributed by atoms with Crippen LogP contribution in [-0.4, -0.2) is 19.3 Å². The van der Waals surface area contributed by atoms with Crippen LogP contribution in [0.5, 0.6) is 0 Å². The molecule has 86 valence electrons. The summed E-state index contributed by atoms with van der Waals surface area (Å²) < 4.78 is 5.61. The normalized spacial score (nSPS) is 58.2. The lowest BCUT2D eigenvalue weighted by Crippen LogP contribution is -2.45. The maximum Gasteiger partial charge on any atom is 0.0603 e. The van der Waals surface area contributed by atoms with Gasteiger partial charge >= 0.3 is 0 Å². The number of rotatable bonds is 1. The van der Waals surface area contributed by atoms with Crippen molar-refractivity contribution in [2.75, 3.05) is 7.11 Å². The van der Waals surface area contributed by atoms with Gasteiger partial charge < -0.3 is 10.5 Å². The van der Waals surface area contributed by atoms with Crippen molar-refractivity contribution in [3.8, 4) is 0 Å². The van der Waals surface area contributed by atoms with E-state index in [0.717, 1.165) is 11.8 Å². The van der Waals surface area contributed by atoms with Gasteiger partial charge in [0.2, 0.25) is 0 Å². The third-order valence-electron chi connectivity index (χ3n) is 5.68. The molecule has 2 bridgehead atoms. The van der Waals surface area contributed by atoms with Crippen LogP contribution in [0.25, 0.3) is 0 Å². The Labute approximate surface area is 92.6 Å². The summed E-state index contributed by atoms with van der Waals surface area (Å²) in [5.74, 6) is 2.46. The first-order valence-electron chi connectivity index (χ1n) is 6.46. The van der Waals surface area contributed by atoms with Gasteiger partial charge in [0.25, 0.3) is 0 Å². The summed E-state index contributed by atoms with van der Waals surface area (Å²) in [5, 5.41) is 0. The maximum atomic E-state index is 6.48. The summed E-state index contributed by atoms with van der Waals surface area (Å²) >= 11 is 0. The van der Waals surface area contributed by atoms with Crippen molar-refractivity contribution in [3.05, 3.63) is 0 Å². The van der Waals surface area contributed by atoms with Crippen LogP contribution in [0.1, 0.15) is 39.0 Å². The molecule has 0 radical (unpaired) electrons. The van der Waals surface area contributed by atoms with Crippen LogP contribution >= 0.6 is 0 Å². The standard InChI is InChI=1S/C13H23NO/c1-8-6-13(7-11(8)15-2)10-4-3-9(5-10)12(13)14/h8-12H,3-7,14H2,1-2H3/t8-,9+,10?,11-,12+,13?/m0/s1. The molecule has 0 aromatic rings.